The fourth-order valence-electron chi connectivity index (χ4n) is 3.64. The fourth-order valence-corrected chi connectivity index (χ4v) is 4.22. The number of nitrogens with zero attached hydrogens (tertiary/aromatic N) is 3. The van der Waals surface area contributed by atoms with Crippen molar-refractivity contribution < 1.29 is 16.6 Å². The van der Waals surface area contributed by atoms with Gasteiger partial charge in [-0.1, -0.05) is 24.6 Å². The summed E-state index contributed by atoms with van der Waals surface area (Å²) in [7, 11) is 0. The fraction of sp³-hybridized carbons (Fsp3) is 0.318. The van der Waals surface area contributed by atoms with Crippen molar-refractivity contribution in [1.29, 1.82) is 0 Å². The van der Waals surface area contributed by atoms with Crippen molar-refractivity contribution in [3.8, 4) is 0 Å². The molecular weight excluding hydrogens is 481 g/mol. The maximum Gasteiger partial charge on any atom is 0.270 e. The highest BCUT2D eigenvalue weighted by Crippen LogP contribution is 2.29. The number of fused-ring (bicyclic) bond motifs is 1. The molecule has 1 saturated heterocycles. The topological polar surface area (TPSA) is 68.4 Å². The molecule has 0 amide bonds. The van der Waals surface area contributed by atoms with E-state index in [1.54, 1.807) is 24.3 Å². The number of benzene rings is 2. The Kier molecular flexibility index (Phi) is 4.17. The van der Waals surface area contributed by atoms with Gasteiger partial charge in [0.2, 0.25) is 0 Å². The van der Waals surface area contributed by atoms with Gasteiger partial charge in [0.1, 0.15) is 0 Å². The lowest BCUT2D eigenvalue weighted by molar-refractivity contribution is -0.384. The van der Waals surface area contributed by atoms with Crippen LogP contribution in [0, 0.1) is 13.7 Å². The van der Waals surface area contributed by atoms with Gasteiger partial charge < -0.3 is 9.47 Å². The summed E-state index contributed by atoms with van der Waals surface area (Å²) in [5.74, 6) is -0.463. The van der Waals surface area contributed by atoms with Crippen LogP contribution in [0.15, 0.2) is 48.7 Å². The van der Waals surface area contributed by atoms with Crippen molar-refractivity contribution in [3.63, 3.8) is 0 Å². The highest BCUT2D eigenvalue weighted by molar-refractivity contribution is 14.1. The molecule has 150 valence electrons. The van der Waals surface area contributed by atoms with Crippen LogP contribution >= 0.6 is 22.6 Å². The van der Waals surface area contributed by atoms with Crippen LogP contribution in [-0.4, -0.2) is 39.7 Å². The number of halogens is 1. The lowest BCUT2D eigenvalue weighted by Crippen LogP contribution is -2.39. The molecule has 1 aliphatic rings. The van der Waals surface area contributed by atoms with Gasteiger partial charge in [0.05, 0.1) is 7.66 Å². The third kappa shape index (κ3) is 3.93. The molecule has 29 heavy (non-hydrogen) atoms. The second kappa shape index (κ2) is 8.23. The van der Waals surface area contributed by atoms with Gasteiger partial charge in [-0.25, -0.2) is 0 Å². The summed E-state index contributed by atoms with van der Waals surface area (Å²) in [5.41, 5.74) is 0.597. The van der Waals surface area contributed by atoms with Crippen molar-refractivity contribution in [1.82, 2.24) is 9.47 Å². The van der Waals surface area contributed by atoms with Crippen LogP contribution in [-0.2, 0) is 6.50 Å². The van der Waals surface area contributed by atoms with Crippen LogP contribution in [0.2, 0.25) is 0 Å². The van der Waals surface area contributed by atoms with E-state index in [-0.39, 0.29) is 23.4 Å². The summed E-state index contributed by atoms with van der Waals surface area (Å²) in [6, 6.07) is 9.98. The van der Waals surface area contributed by atoms with Gasteiger partial charge in [0.15, 0.2) is 5.78 Å². The molecule has 0 N–H and O–H groups in total. The summed E-state index contributed by atoms with van der Waals surface area (Å²) < 4.78 is 43.5. The number of non-ortho nitro benzene ring substituents is 1. The van der Waals surface area contributed by atoms with Crippen LogP contribution in [0.4, 0.5) is 5.69 Å². The Morgan fingerprint density at radius 1 is 1.31 bits per heavy atom. The van der Waals surface area contributed by atoms with Gasteiger partial charge in [-0.05, 0) is 61.1 Å². The molecule has 2 heterocycles. The van der Waals surface area contributed by atoms with E-state index in [2.05, 4.69) is 0 Å². The summed E-state index contributed by atoms with van der Waals surface area (Å²) in [5, 5.41) is 11.7. The maximum absolute atomic E-state index is 13.5. The molecule has 1 aliphatic heterocycles. The quantitative estimate of drug-likeness (QED) is 0.214. The third-order valence-electron chi connectivity index (χ3n) is 5.15. The summed E-state index contributed by atoms with van der Waals surface area (Å²) in [6.07, 6.45) is 3.15. The zero-order chi connectivity index (χ0) is 24.8. The maximum atomic E-state index is 13.5. The van der Waals surface area contributed by atoms with E-state index < -0.39 is 30.2 Å². The molecule has 1 atom stereocenters. The van der Waals surface area contributed by atoms with E-state index in [1.807, 2.05) is 22.6 Å². The first kappa shape index (κ1) is 14.7. The lowest BCUT2D eigenvalue weighted by Gasteiger charge is -2.32. The second-order valence-electron chi connectivity index (χ2n) is 7.01. The van der Waals surface area contributed by atoms with E-state index in [0.717, 1.165) is 0 Å². The zero-order valence-electron chi connectivity index (χ0n) is 20.5. The Balaban J connectivity index is 1.85. The zero-order valence-corrected chi connectivity index (χ0v) is 17.6. The Bertz CT molecular complexity index is 1270. The SMILES string of the molecule is [2H]C([2H])([2H])N1CCCCC1C([2H])([2H])n1cc(C(=O)c2cc([N+](=O)[O-])ccc2I)c2ccccc21. The number of aromatic nitrogens is 1. The largest absolute Gasteiger partial charge is 0.345 e. The van der Waals surface area contributed by atoms with Gasteiger partial charge in [0, 0.05) is 60.6 Å². The minimum Gasteiger partial charge on any atom is -0.345 e. The summed E-state index contributed by atoms with van der Waals surface area (Å²) in [4.78, 5) is 25.4. The number of carbonyl (C=O) groups excluding carboxylic acids is 1. The van der Waals surface area contributed by atoms with Crippen molar-refractivity contribution in [2.45, 2.75) is 31.8 Å². The molecule has 1 unspecified atom stereocenters. The normalized spacial score (nSPS) is 21.0. The van der Waals surface area contributed by atoms with E-state index in [0.29, 0.717) is 33.7 Å². The van der Waals surface area contributed by atoms with Gasteiger partial charge in [-0.3, -0.25) is 14.9 Å². The number of carbonyl (C=O) groups is 1. The van der Waals surface area contributed by atoms with E-state index in [4.69, 9.17) is 6.85 Å². The minimum absolute atomic E-state index is 0.153. The van der Waals surface area contributed by atoms with E-state index in [1.165, 1.54) is 33.9 Å². The van der Waals surface area contributed by atoms with Crippen LogP contribution in [0.3, 0.4) is 0 Å². The summed E-state index contributed by atoms with van der Waals surface area (Å²) >= 11 is 1.94. The van der Waals surface area contributed by atoms with Crippen LogP contribution < -0.4 is 0 Å². The van der Waals surface area contributed by atoms with E-state index in [9.17, 15) is 14.9 Å². The van der Waals surface area contributed by atoms with Crippen molar-refractivity contribution in [3.05, 3.63) is 73.5 Å². The number of likely N-dealkylation sites (N-methyl/N-ethyl adjacent to an activating group) is 1. The minimum atomic E-state index is -2.45. The first-order valence-corrected chi connectivity index (χ1v) is 10.4. The van der Waals surface area contributed by atoms with Gasteiger partial charge in [-0.2, -0.15) is 0 Å². The number of hydrogen-bond acceptors (Lipinski definition) is 4. The third-order valence-corrected chi connectivity index (χ3v) is 6.09. The van der Waals surface area contributed by atoms with Gasteiger partial charge >= 0.3 is 0 Å². The molecule has 2 aromatic carbocycles. The average molecular weight is 508 g/mol. The van der Waals surface area contributed by atoms with Gasteiger partial charge in [0.25, 0.3) is 5.69 Å². The predicted molar refractivity (Wildman–Crippen MR) is 121 cm³/mol. The Hall–Kier alpha value is -2.26. The molecular formula is C22H22IN3O3. The average Bonchev–Trinajstić information content (AvgIpc) is 3.19. The number of nitro groups is 1. The number of rotatable bonds is 5. The first-order valence-electron chi connectivity index (χ1n) is 11.8. The molecule has 1 aromatic heterocycles. The molecule has 0 bridgehead atoms. The van der Waals surface area contributed by atoms with Gasteiger partial charge in [-0.15, -0.1) is 0 Å². The number of hydrogen-bond donors (Lipinski definition) is 0. The molecule has 0 aliphatic carbocycles. The van der Waals surface area contributed by atoms with Crippen molar-refractivity contribution in [2.24, 2.45) is 0 Å². The molecule has 0 saturated carbocycles. The Labute approximate surface area is 189 Å². The highest BCUT2D eigenvalue weighted by atomic mass is 127. The molecule has 4 rings (SSSR count). The van der Waals surface area contributed by atoms with Crippen LogP contribution in [0.1, 0.15) is 42.0 Å². The smallest absolute Gasteiger partial charge is 0.270 e. The monoisotopic (exact) mass is 508 g/mol. The van der Waals surface area contributed by atoms with Crippen molar-refractivity contribution >= 4 is 45.0 Å². The van der Waals surface area contributed by atoms with Crippen LogP contribution in [0.5, 0.6) is 0 Å². The first-order chi connectivity index (χ1) is 15.9. The molecule has 7 heteroatoms. The molecule has 0 radical (unpaired) electrons. The lowest BCUT2D eigenvalue weighted by atomic mass is 10.0. The Morgan fingerprint density at radius 3 is 2.93 bits per heavy atom. The number of para-hydroxylation sites is 1. The highest BCUT2D eigenvalue weighted by Gasteiger charge is 2.24. The van der Waals surface area contributed by atoms with Crippen LogP contribution in [0.25, 0.3) is 10.9 Å². The Morgan fingerprint density at radius 2 is 2.14 bits per heavy atom. The molecule has 6 nitrogen and oxygen atoms in total. The number of piperidine rings is 1. The number of nitro benzene ring substituents is 1. The number of ketones is 1. The molecule has 0 spiro atoms. The predicted octanol–water partition coefficient (Wildman–Crippen LogP) is 4.87. The second-order valence-corrected chi connectivity index (χ2v) is 8.18. The molecule has 3 aromatic rings. The van der Waals surface area contributed by atoms with Crippen molar-refractivity contribution in [2.75, 3.05) is 13.5 Å². The standard InChI is InChI=1S/C22H22IN3O3/c1-24-11-5-4-6-16(24)13-25-14-19(17-7-2-3-8-21(17)25)22(27)18-12-15(26(28)29)9-10-20(18)23/h2-3,7-10,12,14,16H,4-6,11,13H2,1H3/i1D3,13D2. The number of likely N-dealkylation sites (tertiary alicyclic amines) is 1. The summed E-state index contributed by atoms with van der Waals surface area (Å²) in [6.45, 7) is -4.31. The molecule has 1 fully saturated rings. The van der Waals surface area contributed by atoms with E-state index >= 15 is 0 Å².